The van der Waals surface area contributed by atoms with E-state index in [0.29, 0.717) is 5.56 Å². The van der Waals surface area contributed by atoms with Crippen LogP contribution in [0.5, 0.6) is 0 Å². The molecule has 1 aromatic carbocycles. The molecular formula is C12H13F2N3. The third kappa shape index (κ3) is 2.19. The van der Waals surface area contributed by atoms with E-state index in [-0.39, 0.29) is 6.04 Å². The zero-order chi connectivity index (χ0) is 12.4. The van der Waals surface area contributed by atoms with E-state index in [4.69, 9.17) is 0 Å². The topological polar surface area (TPSA) is 29.9 Å². The predicted octanol–water partition coefficient (Wildman–Crippen LogP) is 2.01. The Hall–Kier alpha value is -1.75. The minimum absolute atomic E-state index is 0.211. The van der Waals surface area contributed by atoms with Gasteiger partial charge in [0.15, 0.2) is 11.6 Å². The Labute approximate surface area is 98.1 Å². The summed E-state index contributed by atoms with van der Waals surface area (Å²) in [6, 6.07) is 5.52. The zero-order valence-corrected chi connectivity index (χ0v) is 9.61. The molecule has 2 aromatic rings. The lowest BCUT2D eigenvalue weighted by Crippen LogP contribution is -2.20. The quantitative estimate of drug-likeness (QED) is 0.885. The van der Waals surface area contributed by atoms with Gasteiger partial charge in [-0.2, -0.15) is 5.10 Å². The standard InChI is InChI=1S/C12H13F2N3/c1-15-12(11-5-6-16-17(11)2)8-3-4-9(13)10(14)7-8/h3-7,12,15H,1-2H3. The molecule has 1 unspecified atom stereocenters. The van der Waals surface area contributed by atoms with Crippen LogP contribution in [0, 0.1) is 11.6 Å². The molecule has 0 amide bonds. The summed E-state index contributed by atoms with van der Waals surface area (Å²) in [4.78, 5) is 0. The molecule has 0 aliphatic rings. The Bertz CT molecular complexity index is 522. The fourth-order valence-electron chi connectivity index (χ4n) is 1.84. The fourth-order valence-corrected chi connectivity index (χ4v) is 1.84. The molecule has 0 aliphatic carbocycles. The third-order valence-electron chi connectivity index (χ3n) is 2.72. The Morgan fingerprint density at radius 2 is 2.00 bits per heavy atom. The Balaban J connectivity index is 2.42. The lowest BCUT2D eigenvalue weighted by Gasteiger charge is -2.17. The zero-order valence-electron chi connectivity index (χ0n) is 9.61. The molecule has 0 aliphatic heterocycles. The van der Waals surface area contributed by atoms with E-state index in [1.165, 1.54) is 6.07 Å². The van der Waals surface area contributed by atoms with Gasteiger partial charge in [-0.3, -0.25) is 4.68 Å². The number of nitrogens with one attached hydrogen (secondary N) is 1. The number of aromatic nitrogens is 2. The summed E-state index contributed by atoms with van der Waals surface area (Å²) < 4.78 is 27.8. The maximum Gasteiger partial charge on any atom is 0.159 e. The van der Waals surface area contributed by atoms with Gasteiger partial charge >= 0.3 is 0 Å². The molecule has 1 atom stereocenters. The monoisotopic (exact) mass is 237 g/mol. The van der Waals surface area contributed by atoms with Crippen molar-refractivity contribution in [1.29, 1.82) is 0 Å². The van der Waals surface area contributed by atoms with E-state index in [0.717, 1.165) is 11.8 Å². The van der Waals surface area contributed by atoms with Crippen molar-refractivity contribution < 1.29 is 8.78 Å². The summed E-state index contributed by atoms with van der Waals surface area (Å²) in [5.41, 5.74) is 1.55. The van der Waals surface area contributed by atoms with Crippen molar-refractivity contribution in [2.24, 2.45) is 7.05 Å². The first-order valence-corrected chi connectivity index (χ1v) is 5.23. The van der Waals surface area contributed by atoms with Crippen molar-refractivity contribution in [2.45, 2.75) is 6.04 Å². The first-order valence-electron chi connectivity index (χ1n) is 5.23. The van der Waals surface area contributed by atoms with E-state index >= 15 is 0 Å². The summed E-state index contributed by atoms with van der Waals surface area (Å²) in [6.45, 7) is 0. The Morgan fingerprint density at radius 3 is 2.53 bits per heavy atom. The summed E-state index contributed by atoms with van der Waals surface area (Å²) in [6.07, 6.45) is 1.67. The van der Waals surface area contributed by atoms with Gasteiger partial charge in [0, 0.05) is 13.2 Å². The second-order valence-corrected chi connectivity index (χ2v) is 3.77. The van der Waals surface area contributed by atoms with Gasteiger partial charge in [-0.25, -0.2) is 8.78 Å². The van der Waals surface area contributed by atoms with Gasteiger partial charge in [-0.1, -0.05) is 6.07 Å². The van der Waals surface area contributed by atoms with Crippen LogP contribution in [0.1, 0.15) is 17.3 Å². The normalized spacial score (nSPS) is 12.7. The molecule has 0 saturated carbocycles. The van der Waals surface area contributed by atoms with Crippen molar-refractivity contribution in [3.63, 3.8) is 0 Å². The van der Waals surface area contributed by atoms with Gasteiger partial charge in [-0.15, -0.1) is 0 Å². The van der Waals surface area contributed by atoms with E-state index in [1.807, 2.05) is 6.07 Å². The largest absolute Gasteiger partial charge is 0.308 e. The summed E-state index contributed by atoms with van der Waals surface area (Å²) >= 11 is 0. The van der Waals surface area contributed by atoms with E-state index in [2.05, 4.69) is 10.4 Å². The summed E-state index contributed by atoms with van der Waals surface area (Å²) in [7, 11) is 3.57. The van der Waals surface area contributed by atoms with Crippen molar-refractivity contribution in [2.75, 3.05) is 7.05 Å². The minimum Gasteiger partial charge on any atom is -0.308 e. The number of benzene rings is 1. The van der Waals surface area contributed by atoms with Gasteiger partial charge in [0.2, 0.25) is 0 Å². The molecule has 0 bridgehead atoms. The van der Waals surface area contributed by atoms with Crippen LogP contribution in [0.15, 0.2) is 30.5 Å². The third-order valence-corrected chi connectivity index (χ3v) is 2.72. The SMILES string of the molecule is CNC(c1ccc(F)c(F)c1)c1ccnn1C. The first kappa shape index (κ1) is 11.7. The molecule has 17 heavy (non-hydrogen) atoms. The summed E-state index contributed by atoms with van der Waals surface area (Å²) in [5.74, 6) is -1.68. The van der Waals surface area contributed by atoms with E-state index in [1.54, 1.807) is 31.0 Å². The van der Waals surface area contributed by atoms with Crippen LogP contribution in [0.3, 0.4) is 0 Å². The minimum atomic E-state index is -0.843. The average molecular weight is 237 g/mol. The molecule has 0 saturated heterocycles. The predicted molar refractivity (Wildman–Crippen MR) is 60.5 cm³/mol. The van der Waals surface area contributed by atoms with Gasteiger partial charge in [0.1, 0.15) is 0 Å². The van der Waals surface area contributed by atoms with Crippen molar-refractivity contribution in [3.05, 3.63) is 53.4 Å². The van der Waals surface area contributed by atoms with E-state index < -0.39 is 11.6 Å². The van der Waals surface area contributed by atoms with Crippen LogP contribution in [-0.2, 0) is 7.05 Å². The van der Waals surface area contributed by atoms with Gasteiger partial charge in [-0.05, 0) is 30.8 Å². The smallest absolute Gasteiger partial charge is 0.159 e. The van der Waals surface area contributed by atoms with Crippen molar-refractivity contribution in [1.82, 2.24) is 15.1 Å². The molecule has 1 aromatic heterocycles. The fraction of sp³-hybridized carbons (Fsp3) is 0.250. The van der Waals surface area contributed by atoms with Crippen LogP contribution in [0.25, 0.3) is 0 Å². The second-order valence-electron chi connectivity index (χ2n) is 3.77. The summed E-state index contributed by atoms with van der Waals surface area (Å²) in [5, 5.41) is 7.12. The van der Waals surface area contributed by atoms with Crippen molar-refractivity contribution in [3.8, 4) is 0 Å². The lowest BCUT2D eigenvalue weighted by molar-refractivity contribution is 0.503. The molecule has 5 heteroatoms. The van der Waals surface area contributed by atoms with Crippen LogP contribution in [0.4, 0.5) is 8.78 Å². The second kappa shape index (κ2) is 4.63. The molecule has 0 radical (unpaired) electrons. The number of hydrogen-bond donors (Lipinski definition) is 1. The Kier molecular flexibility index (Phi) is 3.19. The number of halogens is 2. The average Bonchev–Trinajstić information content (AvgIpc) is 2.71. The molecule has 3 nitrogen and oxygen atoms in total. The number of hydrogen-bond acceptors (Lipinski definition) is 2. The van der Waals surface area contributed by atoms with Crippen LogP contribution in [0.2, 0.25) is 0 Å². The molecule has 1 N–H and O–H groups in total. The number of rotatable bonds is 3. The highest BCUT2D eigenvalue weighted by Gasteiger charge is 2.16. The highest BCUT2D eigenvalue weighted by molar-refractivity contribution is 5.28. The lowest BCUT2D eigenvalue weighted by atomic mass is 10.0. The van der Waals surface area contributed by atoms with Crippen LogP contribution < -0.4 is 5.32 Å². The molecule has 1 heterocycles. The van der Waals surface area contributed by atoms with Gasteiger partial charge in [0.05, 0.1) is 11.7 Å². The van der Waals surface area contributed by atoms with Crippen LogP contribution >= 0.6 is 0 Å². The van der Waals surface area contributed by atoms with Crippen molar-refractivity contribution >= 4 is 0 Å². The van der Waals surface area contributed by atoms with Gasteiger partial charge < -0.3 is 5.32 Å². The van der Waals surface area contributed by atoms with Gasteiger partial charge in [0.25, 0.3) is 0 Å². The van der Waals surface area contributed by atoms with E-state index in [9.17, 15) is 8.78 Å². The molecule has 0 fully saturated rings. The highest BCUT2D eigenvalue weighted by Crippen LogP contribution is 2.22. The van der Waals surface area contributed by atoms with Crippen LogP contribution in [-0.4, -0.2) is 16.8 Å². The molecule has 0 spiro atoms. The number of nitrogens with zero attached hydrogens (tertiary/aromatic N) is 2. The maximum absolute atomic E-state index is 13.2. The molecule has 2 rings (SSSR count). The maximum atomic E-state index is 13.2. The highest BCUT2D eigenvalue weighted by atomic mass is 19.2. The Morgan fingerprint density at radius 1 is 1.24 bits per heavy atom. The molecular weight excluding hydrogens is 224 g/mol. The first-order chi connectivity index (χ1) is 8.13. The molecule has 90 valence electrons. The number of aryl methyl sites for hydroxylation is 1.